The Kier molecular flexibility index (Phi) is 6.28. The average Bonchev–Trinajstić information content (AvgIpc) is 2.99. The maximum Gasteiger partial charge on any atom is 0.251 e. The predicted molar refractivity (Wildman–Crippen MR) is 91.0 cm³/mol. The van der Waals surface area contributed by atoms with Gasteiger partial charge in [0.25, 0.3) is 5.91 Å². The van der Waals surface area contributed by atoms with Gasteiger partial charge >= 0.3 is 0 Å². The third-order valence-corrected chi connectivity index (χ3v) is 4.28. The van der Waals surface area contributed by atoms with Gasteiger partial charge in [0.2, 0.25) is 0 Å². The molecule has 1 aromatic rings. The van der Waals surface area contributed by atoms with Crippen LogP contribution in [-0.4, -0.2) is 32.2 Å². The van der Waals surface area contributed by atoms with Crippen LogP contribution in [0.5, 0.6) is 11.5 Å². The molecule has 5 heteroatoms. The number of carbonyl (C=O) groups is 1. The number of nitrogens with one attached hydrogen (secondary N) is 1. The van der Waals surface area contributed by atoms with E-state index in [0.29, 0.717) is 42.0 Å². The van der Waals surface area contributed by atoms with Gasteiger partial charge in [0, 0.05) is 11.6 Å². The van der Waals surface area contributed by atoms with Crippen molar-refractivity contribution >= 4 is 5.91 Å². The van der Waals surface area contributed by atoms with Crippen molar-refractivity contribution in [1.82, 2.24) is 5.32 Å². The Labute approximate surface area is 138 Å². The molecule has 128 valence electrons. The van der Waals surface area contributed by atoms with E-state index in [2.05, 4.69) is 19.2 Å². The van der Waals surface area contributed by atoms with Gasteiger partial charge in [-0.1, -0.05) is 20.3 Å². The van der Waals surface area contributed by atoms with Crippen molar-refractivity contribution < 1.29 is 14.3 Å². The average molecular weight is 320 g/mol. The van der Waals surface area contributed by atoms with E-state index in [1.165, 1.54) is 0 Å². The van der Waals surface area contributed by atoms with Crippen LogP contribution in [0.3, 0.4) is 0 Å². The molecule has 5 nitrogen and oxygen atoms in total. The Morgan fingerprint density at radius 2 is 2.13 bits per heavy atom. The summed E-state index contributed by atoms with van der Waals surface area (Å²) in [6.07, 6.45) is 3.21. The molecule has 0 heterocycles. The summed E-state index contributed by atoms with van der Waals surface area (Å²) in [6, 6.07) is 5.48. The van der Waals surface area contributed by atoms with Crippen molar-refractivity contribution in [2.45, 2.75) is 39.2 Å². The molecule has 1 aliphatic carbocycles. The molecule has 1 aromatic carbocycles. The first-order valence-corrected chi connectivity index (χ1v) is 8.37. The summed E-state index contributed by atoms with van der Waals surface area (Å²) in [5, 5.41) is 3.10. The highest BCUT2D eigenvalue weighted by Gasteiger charge is 2.27. The molecule has 0 bridgehead atoms. The van der Waals surface area contributed by atoms with E-state index in [1.54, 1.807) is 25.3 Å². The van der Waals surface area contributed by atoms with Gasteiger partial charge in [0.1, 0.15) is 0 Å². The first kappa shape index (κ1) is 17.6. The predicted octanol–water partition coefficient (Wildman–Crippen LogP) is 2.59. The molecule has 1 amide bonds. The lowest BCUT2D eigenvalue weighted by molar-refractivity contribution is 0.0928. The number of amides is 1. The van der Waals surface area contributed by atoms with Gasteiger partial charge in [-0.2, -0.15) is 0 Å². The quantitative estimate of drug-likeness (QED) is 0.810. The molecule has 0 aliphatic heterocycles. The number of hydrogen-bond donors (Lipinski definition) is 2. The number of methoxy groups -OCH3 is 1. The van der Waals surface area contributed by atoms with Crippen LogP contribution in [0, 0.1) is 11.8 Å². The molecule has 1 aliphatic rings. The van der Waals surface area contributed by atoms with E-state index in [1.807, 2.05) is 0 Å². The van der Waals surface area contributed by atoms with Gasteiger partial charge in [-0.15, -0.1) is 0 Å². The smallest absolute Gasteiger partial charge is 0.251 e. The van der Waals surface area contributed by atoms with E-state index >= 15 is 0 Å². The van der Waals surface area contributed by atoms with E-state index in [4.69, 9.17) is 15.2 Å². The van der Waals surface area contributed by atoms with Gasteiger partial charge < -0.3 is 20.5 Å². The second-order valence-electron chi connectivity index (χ2n) is 6.58. The zero-order valence-electron chi connectivity index (χ0n) is 14.3. The minimum absolute atomic E-state index is 0.0796. The standard InChI is InChI=1S/C18H28N2O3/c1-12(2)11-23-16-8-7-13(9-17(16)22-3)18(21)20-15-6-4-5-14(15)10-19/h7-9,12,14-15H,4-6,10-11,19H2,1-3H3,(H,20,21). The van der Waals surface area contributed by atoms with Gasteiger partial charge in [-0.3, -0.25) is 4.79 Å². The molecule has 23 heavy (non-hydrogen) atoms. The molecule has 1 fully saturated rings. The van der Waals surface area contributed by atoms with Crippen molar-refractivity contribution in [3.05, 3.63) is 23.8 Å². The molecule has 0 aromatic heterocycles. The van der Waals surface area contributed by atoms with E-state index in [0.717, 1.165) is 19.3 Å². The summed E-state index contributed by atoms with van der Waals surface area (Å²) in [5.74, 6) is 1.98. The van der Waals surface area contributed by atoms with Crippen LogP contribution in [0.2, 0.25) is 0 Å². The van der Waals surface area contributed by atoms with Crippen LogP contribution in [0.1, 0.15) is 43.5 Å². The zero-order chi connectivity index (χ0) is 16.8. The number of carbonyl (C=O) groups excluding carboxylic acids is 1. The van der Waals surface area contributed by atoms with Gasteiger partial charge in [-0.25, -0.2) is 0 Å². The number of rotatable bonds is 7. The number of ether oxygens (including phenoxy) is 2. The van der Waals surface area contributed by atoms with Crippen LogP contribution in [0.25, 0.3) is 0 Å². The lowest BCUT2D eigenvalue weighted by Gasteiger charge is -2.20. The van der Waals surface area contributed by atoms with Crippen LogP contribution in [0.4, 0.5) is 0 Å². The molecule has 1 saturated carbocycles. The van der Waals surface area contributed by atoms with Crippen molar-refractivity contribution in [1.29, 1.82) is 0 Å². The van der Waals surface area contributed by atoms with Crippen LogP contribution in [-0.2, 0) is 0 Å². The van der Waals surface area contributed by atoms with Crippen molar-refractivity contribution in [3.8, 4) is 11.5 Å². The van der Waals surface area contributed by atoms with Crippen LogP contribution in [0.15, 0.2) is 18.2 Å². The first-order chi connectivity index (χ1) is 11.0. The van der Waals surface area contributed by atoms with Crippen LogP contribution < -0.4 is 20.5 Å². The highest BCUT2D eigenvalue weighted by Crippen LogP contribution is 2.29. The van der Waals surface area contributed by atoms with E-state index in [-0.39, 0.29) is 11.9 Å². The Hall–Kier alpha value is -1.75. The lowest BCUT2D eigenvalue weighted by atomic mass is 10.0. The molecular weight excluding hydrogens is 292 g/mol. The molecular formula is C18H28N2O3. The summed E-state index contributed by atoms with van der Waals surface area (Å²) < 4.78 is 11.1. The van der Waals surface area contributed by atoms with Gasteiger partial charge in [-0.05, 0) is 49.4 Å². The van der Waals surface area contributed by atoms with E-state index < -0.39 is 0 Å². The monoisotopic (exact) mass is 320 g/mol. The zero-order valence-corrected chi connectivity index (χ0v) is 14.3. The highest BCUT2D eigenvalue weighted by atomic mass is 16.5. The Morgan fingerprint density at radius 1 is 1.35 bits per heavy atom. The minimum atomic E-state index is -0.0796. The first-order valence-electron chi connectivity index (χ1n) is 8.37. The molecule has 0 saturated heterocycles. The van der Waals surface area contributed by atoms with Crippen molar-refractivity contribution in [3.63, 3.8) is 0 Å². The summed E-state index contributed by atoms with van der Waals surface area (Å²) in [7, 11) is 1.58. The Balaban J connectivity index is 2.05. The summed E-state index contributed by atoms with van der Waals surface area (Å²) >= 11 is 0. The van der Waals surface area contributed by atoms with Crippen molar-refractivity contribution in [2.75, 3.05) is 20.3 Å². The lowest BCUT2D eigenvalue weighted by Crippen LogP contribution is -2.39. The molecule has 0 spiro atoms. The fraction of sp³-hybridized carbons (Fsp3) is 0.611. The summed E-state index contributed by atoms with van der Waals surface area (Å²) in [4.78, 5) is 12.5. The maximum atomic E-state index is 12.5. The van der Waals surface area contributed by atoms with Crippen molar-refractivity contribution in [2.24, 2.45) is 17.6 Å². The normalized spacial score (nSPS) is 20.6. The molecule has 2 rings (SSSR count). The Bertz CT molecular complexity index is 531. The van der Waals surface area contributed by atoms with E-state index in [9.17, 15) is 4.79 Å². The number of hydrogen-bond acceptors (Lipinski definition) is 4. The molecule has 2 atom stereocenters. The second-order valence-corrected chi connectivity index (χ2v) is 6.58. The fourth-order valence-electron chi connectivity index (χ4n) is 2.95. The maximum absolute atomic E-state index is 12.5. The third-order valence-electron chi connectivity index (χ3n) is 4.28. The second kappa shape index (κ2) is 8.20. The summed E-state index contributed by atoms with van der Waals surface area (Å²) in [6.45, 7) is 5.41. The molecule has 0 radical (unpaired) electrons. The van der Waals surface area contributed by atoms with Gasteiger partial charge in [0.05, 0.1) is 13.7 Å². The van der Waals surface area contributed by atoms with Gasteiger partial charge in [0.15, 0.2) is 11.5 Å². The topological polar surface area (TPSA) is 73.6 Å². The Morgan fingerprint density at radius 3 is 2.78 bits per heavy atom. The molecule has 3 N–H and O–H groups in total. The minimum Gasteiger partial charge on any atom is -0.493 e. The van der Waals surface area contributed by atoms with Crippen LogP contribution >= 0.6 is 0 Å². The summed E-state index contributed by atoms with van der Waals surface area (Å²) in [5.41, 5.74) is 6.36. The SMILES string of the molecule is COc1cc(C(=O)NC2CCCC2CN)ccc1OCC(C)C. The largest absolute Gasteiger partial charge is 0.493 e. The number of nitrogens with two attached hydrogens (primary N) is 1. The number of benzene rings is 1. The fourth-order valence-corrected chi connectivity index (χ4v) is 2.95. The third kappa shape index (κ3) is 4.61. The highest BCUT2D eigenvalue weighted by molar-refractivity contribution is 5.95. The molecule has 2 unspecified atom stereocenters.